The molecule has 0 aromatic heterocycles. The van der Waals surface area contributed by atoms with Gasteiger partial charge in [-0.05, 0) is 60.4 Å². The fourth-order valence-corrected chi connectivity index (χ4v) is 5.01. The maximum atomic E-state index is 13.2. The number of carbonyl (C=O) groups excluding carboxylic acids is 1. The highest BCUT2D eigenvalue weighted by atomic mass is 32.2. The normalized spacial score (nSPS) is 13.4. The van der Waals surface area contributed by atoms with Crippen LogP contribution in [0.4, 0.5) is 20.6 Å². The van der Waals surface area contributed by atoms with Crippen LogP contribution in [0.1, 0.15) is 17.5 Å². The molecule has 3 aromatic rings. The summed E-state index contributed by atoms with van der Waals surface area (Å²) in [6.07, 6.45) is 0.760. The molecular formula is C23H21FN2O4S. The van der Waals surface area contributed by atoms with E-state index in [9.17, 15) is 17.6 Å². The van der Waals surface area contributed by atoms with E-state index in [4.69, 9.17) is 4.74 Å². The van der Waals surface area contributed by atoms with Crippen LogP contribution >= 0.6 is 0 Å². The van der Waals surface area contributed by atoms with Gasteiger partial charge in [0, 0.05) is 12.2 Å². The van der Waals surface area contributed by atoms with Crippen LogP contribution in [0.25, 0.3) is 0 Å². The standard InChI is InChI=1S/C23H21FN2O4S/c24-19-9-12-21(13-10-19)31(28,29)26-14-4-7-18-8-11-20(15-22(18)26)25-23(27)30-16-17-5-2-1-3-6-17/h1-3,5-6,8-13,15H,4,7,14,16H2,(H,25,27). The molecule has 1 aliphatic rings. The summed E-state index contributed by atoms with van der Waals surface area (Å²) in [6.45, 7) is 0.428. The molecule has 1 N–H and O–H groups in total. The first-order valence-electron chi connectivity index (χ1n) is 9.82. The number of ether oxygens (including phenoxy) is 1. The van der Waals surface area contributed by atoms with E-state index in [1.54, 1.807) is 18.2 Å². The number of rotatable bonds is 5. The average molecular weight is 440 g/mol. The molecule has 0 atom stereocenters. The van der Waals surface area contributed by atoms with Crippen molar-refractivity contribution >= 4 is 27.5 Å². The highest BCUT2D eigenvalue weighted by molar-refractivity contribution is 7.92. The molecule has 3 aromatic carbocycles. The van der Waals surface area contributed by atoms with E-state index in [0.29, 0.717) is 24.3 Å². The molecule has 0 bridgehead atoms. The smallest absolute Gasteiger partial charge is 0.411 e. The summed E-state index contributed by atoms with van der Waals surface area (Å²) in [5, 5.41) is 2.65. The number of halogens is 1. The van der Waals surface area contributed by atoms with Crippen molar-refractivity contribution in [3.05, 3.63) is 89.7 Å². The van der Waals surface area contributed by atoms with Crippen LogP contribution in [0.15, 0.2) is 77.7 Å². The van der Waals surface area contributed by atoms with Crippen molar-refractivity contribution in [2.75, 3.05) is 16.2 Å². The average Bonchev–Trinajstić information content (AvgIpc) is 2.78. The second kappa shape index (κ2) is 8.77. The summed E-state index contributed by atoms with van der Waals surface area (Å²) >= 11 is 0. The summed E-state index contributed by atoms with van der Waals surface area (Å²) in [5.74, 6) is -0.501. The predicted molar refractivity (Wildman–Crippen MR) is 116 cm³/mol. The van der Waals surface area contributed by atoms with Crippen LogP contribution in [-0.4, -0.2) is 21.1 Å². The molecule has 0 radical (unpaired) electrons. The van der Waals surface area contributed by atoms with E-state index < -0.39 is 21.9 Å². The van der Waals surface area contributed by atoms with Crippen molar-refractivity contribution in [2.24, 2.45) is 0 Å². The van der Waals surface area contributed by atoms with Crippen molar-refractivity contribution in [3.8, 4) is 0 Å². The lowest BCUT2D eigenvalue weighted by atomic mass is 10.0. The lowest BCUT2D eigenvalue weighted by Gasteiger charge is -2.31. The number of fused-ring (bicyclic) bond motifs is 1. The maximum Gasteiger partial charge on any atom is 0.411 e. The number of nitrogens with one attached hydrogen (secondary N) is 1. The zero-order chi connectivity index (χ0) is 21.8. The Morgan fingerprint density at radius 2 is 1.77 bits per heavy atom. The summed E-state index contributed by atoms with van der Waals surface area (Å²) in [6, 6.07) is 19.2. The zero-order valence-electron chi connectivity index (χ0n) is 16.6. The molecule has 0 fully saturated rings. The Labute approximate surface area is 180 Å². The Hall–Kier alpha value is -3.39. The van der Waals surface area contributed by atoms with Gasteiger partial charge >= 0.3 is 6.09 Å². The molecule has 4 rings (SSSR count). The monoisotopic (exact) mass is 440 g/mol. The number of carbonyl (C=O) groups is 1. The van der Waals surface area contributed by atoms with Crippen molar-refractivity contribution < 1.29 is 22.3 Å². The fraction of sp³-hybridized carbons (Fsp3) is 0.174. The molecule has 1 amide bonds. The zero-order valence-corrected chi connectivity index (χ0v) is 17.4. The van der Waals surface area contributed by atoms with Crippen LogP contribution < -0.4 is 9.62 Å². The predicted octanol–water partition coefficient (Wildman–Crippen LogP) is 4.72. The first kappa shape index (κ1) is 20.9. The molecule has 0 saturated carbocycles. The minimum absolute atomic E-state index is 0.0161. The number of amides is 1. The number of hydrogen-bond donors (Lipinski definition) is 1. The minimum atomic E-state index is -3.86. The van der Waals surface area contributed by atoms with Crippen molar-refractivity contribution in [2.45, 2.75) is 24.3 Å². The summed E-state index contributed by atoms with van der Waals surface area (Å²) in [5.41, 5.74) is 2.65. The number of aryl methyl sites for hydroxylation is 1. The third-order valence-electron chi connectivity index (χ3n) is 5.02. The van der Waals surface area contributed by atoms with Gasteiger partial charge in [-0.15, -0.1) is 0 Å². The molecule has 1 aliphatic heterocycles. The van der Waals surface area contributed by atoms with Crippen LogP contribution in [0.5, 0.6) is 0 Å². The third kappa shape index (κ3) is 4.69. The number of benzene rings is 3. The van der Waals surface area contributed by atoms with Crippen molar-refractivity contribution in [1.82, 2.24) is 0 Å². The van der Waals surface area contributed by atoms with Crippen LogP contribution in [0, 0.1) is 5.82 Å². The molecule has 0 unspecified atom stereocenters. The van der Waals surface area contributed by atoms with Gasteiger partial charge in [-0.2, -0.15) is 0 Å². The lowest BCUT2D eigenvalue weighted by molar-refractivity contribution is 0.155. The van der Waals surface area contributed by atoms with Gasteiger partial charge in [0.1, 0.15) is 12.4 Å². The number of hydrogen-bond acceptors (Lipinski definition) is 4. The van der Waals surface area contributed by atoms with Gasteiger partial charge in [-0.3, -0.25) is 9.62 Å². The quantitative estimate of drug-likeness (QED) is 0.623. The van der Waals surface area contributed by atoms with E-state index in [2.05, 4.69) is 5.32 Å². The first-order chi connectivity index (χ1) is 14.9. The van der Waals surface area contributed by atoms with Crippen LogP contribution in [0.3, 0.4) is 0 Å². The Morgan fingerprint density at radius 3 is 2.52 bits per heavy atom. The molecule has 1 heterocycles. The second-order valence-corrected chi connectivity index (χ2v) is 9.03. The van der Waals surface area contributed by atoms with Crippen LogP contribution in [0.2, 0.25) is 0 Å². The van der Waals surface area contributed by atoms with E-state index in [1.807, 2.05) is 30.3 Å². The fourth-order valence-electron chi connectivity index (χ4n) is 3.48. The van der Waals surface area contributed by atoms with E-state index in [1.165, 1.54) is 16.4 Å². The van der Waals surface area contributed by atoms with Gasteiger partial charge in [-0.25, -0.2) is 17.6 Å². The van der Waals surface area contributed by atoms with E-state index >= 15 is 0 Å². The SMILES string of the molecule is O=C(Nc1ccc2c(c1)N(S(=O)(=O)c1ccc(F)cc1)CCC2)OCc1ccccc1. The molecule has 0 saturated heterocycles. The topological polar surface area (TPSA) is 75.7 Å². The van der Waals surface area contributed by atoms with Gasteiger partial charge in [0.05, 0.1) is 10.6 Å². The van der Waals surface area contributed by atoms with E-state index in [0.717, 1.165) is 29.7 Å². The van der Waals surface area contributed by atoms with Gasteiger partial charge in [0.2, 0.25) is 0 Å². The first-order valence-corrected chi connectivity index (χ1v) is 11.3. The second-order valence-electron chi connectivity index (χ2n) is 7.16. The minimum Gasteiger partial charge on any atom is -0.444 e. The van der Waals surface area contributed by atoms with Gasteiger partial charge < -0.3 is 4.74 Å². The molecular weight excluding hydrogens is 419 g/mol. The molecule has 0 spiro atoms. The van der Waals surface area contributed by atoms with Crippen LogP contribution in [-0.2, 0) is 27.8 Å². The van der Waals surface area contributed by atoms with Gasteiger partial charge in [0.25, 0.3) is 10.0 Å². The summed E-state index contributed by atoms with van der Waals surface area (Å²) in [4.78, 5) is 12.2. The molecule has 31 heavy (non-hydrogen) atoms. The Kier molecular flexibility index (Phi) is 5.90. The maximum absolute atomic E-state index is 13.2. The summed E-state index contributed by atoms with van der Waals surface area (Å²) < 4.78 is 46.1. The lowest BCUT2D eigenvalue weighted by Crippen LogP contribution is -2.35. The highest BCUT2D eigenvalue weighted by Crippen LogP contribution is 2.34. The van der Waals surface area contributed by atoms with Gasteiger partial charge in [0.15, 0.2) is 0 Å². The van der Waals surface area contributed by atoms with E-state index in [-0.39, 0.29) is 11.5 Å². The molecule has 6 nitrogen and oxygen atoms in total. The molecule has 160 valence electrons. The highest BCUT2D eigenvalue weighted by Gasteiger charge is 2.29. The number of sulfonamides is 1. The molecule has 8 heteroatoms. The largest absolute Gasteiger partial charge is 0.444 e. The Balaban J connectivity index is 1.53. The molecule has 0 aliphatic carbocycles. The third-order valence-corrected chi connectivity index (χ3v) is 6.85. The number of anilines is 2. The van der Waals surface area contributed by atoms with Crippen molar-refractivity contribution in [1.29, 1.82) is 0 Å². The Morgan fingerprint density at radius 1 is 1.03 bits per heavy atom. The Bertz CT molecular complexity index is 1180. The number of nitrogens with zero attached hydrogens (tertiary/aromatic N) is 1. The van der Waals surface area contributed by atoms with Crippen molar-refractivity contribution in [3.63, 3.8) is 0 Å². The summed E-state index contributed by atoms with van der Waals surface area (Å²) in [7, 11) is -3.86. The van der Waals surface area contributed by atoms with Gasteiger partial charge in [-0.1, -0.05) is 36.4 Å².